The number of nitrogens with zero attached hydrogens (tertiary/aromatic N) is 3. The van der Waals surface area contributed by atoms with Crippen molar-refractivity contribution < 1.29 is 14.5 Å². The first-order chi connectivity index (χ1) is 14.0. The zero-order chi connectivity index (χ0) is 20.8. The van der Waals surface area contributed by atoms with Crippen LogP contribution in [-0.2, 0) is 4.74 Å². The van der Waals surface area contributed by atoms with Gasteiger partial charge in [0, 0.05) is 29.3 Å². The second kappa shape index (κ2) is 8.77. The Morgan fingerprint density at radius 3 is 2.66 bits per heavy atom. The van der Waals surface area contributed by atoms with Crippen LogP contribution in [0.3, 0.4) is 0 Å². The van der Waals surface area contributed by atoms with Gasteiger partial charge >= 0.3 is 5.97 Å². The van der Waals surface area contributed by atoms with Crippen LogP contribution in [0.25, 0.3) is 16.8 Å². The fourth-order valence-corrected chi connectivity index (χ4v) is 3.27. The molecule has 0 spiro atoms. The van der Waals surface area contributed by atoms with Crippen LogP contribution >= 0.6 is 11.3 Å². The van der Waals surface area contributed by atoms with Crippen molar-refractivity contribution in [1.29, 1.82) is 5.26 Å². The molecule has 0 saturated carbocycles. The van der Waals surface area contributed by atoms with E-state index >= 15 is 0 Å². The summed E-state index contributed by atoms with van der Waals surface area (Å²) in [6, 6.07) is 14.9. The average molecular weight is 406 g/mol. The number of nitro benzene ring substituents is 1. The molecule has 0 amide bonds. The molecule has 2 aromatic carbocycles. The molecule has 29 heavy (non-hydrogen) atoms. The smallest absolute Gasteiger partial charge is 0.339 e. The summed E-state index contributed by atoms with van der Waals surface area (Å²) in [6.07, 6.45) is 1.47. The number of nitrogens with one attached hydrogen (secondary N) is 1. The summed E-state index contributed by atoms with van der Waals surface area (Å²) in [7, 11) is 1.30. The van der Waals surface area contributed by atoms with Crippen LogP contribution < -0.4 is 5.32 Å². The van der Waals surface area contributed by atoms with Gasteiger partial charge in [-0.25, -0.2) is 9.78 Å². The highest BCUT2D eigenvalue weighted by Gasteiger charge is 2.13. The third-order valence-electron chi connectivity index (χ3n) is 3.93. The van der Waals surface area contributed by atoms with Gasteiger partial charge in [0.15, 0.2) is 0 Å². The molecule has 0 unspecified atom stereocenters. The van der Waals surface area contributed by atoms with Crippen molar-refractivity contribution in [3.8, 4) is 17.3 Å². The average Bonchev–Trinajstić information content (AvgIpc) is 3.24. The highest BCUT2D eigenvalue weighted by molar-refractivity contribution is 7.11. The number of anilines is 1. The molecule has 3 rings (SSSR count). The lowest BCUT2D eigenvalue weighted by Gasteiger charge is -2.07. The Morgan fingerprint density at radius 1 is 1.28 bits per heavy atom. The standard InChI is InChI=1S/C20H14N4O4S/c1-28-20(25)16-4-2-3-5-17(16)22-11-14(10-21)19-23-18(12-29-19)13-6-8-15(9-7-13)24(26)27/h2-9,11-12,22H,1H3/b14-11+. The Balaban J connectivity index is 1.84. The van der Waals surface area contributed by atoms with E-state index in [-0.39, 0.29) is 11.3 Å². The summed E-state index contributed by atoms with van der Waals surface area (Å²) in [4.78, 5) is 26.6. The predicted molar refractivity (Wildman–Crippen MR) is 109 cm³/mol. The summed E-state index contributed by atoms with van der Waals surface area (Å²) in [5.74, 6) is -0.491. The number of methoxy groups -OCH3 is 1. The number of nitriles is 1. The normalized spacial score (nSPS) is 10.8. The number of nitro groups is 1. The van der Waals surface area contributed by atoms with Gasteiger partial charge in [0.25, 0.3) is 5.69 Å². The molecule has 1 N–H and O–H groups in total. The summed E-state index contributed by atoms with van der Waals surface area (Å²) < 4.78 is 4.75. The van der Waals surface area contributed by atoms with E-state index in [1.54, 1.807) is 41.8 Å². The zero-order valence-electron chi connectivity index (χ0n) is 15.2. The van der Waals surface area contributed by atoms with Crippen LogP contribution in [0.4, 0.5) is 11.4 Å². The molecule has 144 valence electrons. The van der Waals surface area contributed by atoms with Gasteiger partial charge in [0.05, 0.1) is 29.0 Å². The van der Waals surface area contributed by atoms with Crippen molar-refractivity contribution in [2.24, 2.45) is 0 Å². The molecule has 0 fully saturated rings. The van der Waals surface area contributed by atoms with Gasteiger partial charge < -0.3 is 10.1 Å². The van der Waals surface area contributed by atoms with Crippen LogP contribution in [-0.4, -0.2) is 23.0 Å². The van der Waals surface area contributed by atoms with Crippen LogP contribution in [0, 0.1) is 21.4 Å². The molecule has 8 nitrogen and oxygen atoms in total. The molecule has 0 atom stereocenters. The number of thiazole rings is 1. The Kier molecular flexibility index (Phi) is 5.97. The molecule has 0 aliphatic carbocycles. The Hall–Kier alpha value is -4.03. The van der Waals surface area contributed by atoms with E-state index < -0.39 is 10.9 Å². The number of non-ortho nitro benzene ring substituents is 1. The maximum absolute atomic E-state index is 11.8. The largest absolute Gasteiger partial charge is 0.465 e. The summed E-state index contributed by atoms with van der Waals surface area (Å²) >= 11 is 1.27. The van der Waals surface area contributed by atoms with Crippen molar-refractivity contribution in [2.45, 2.75) is 0 Å². The molecule has 0 saturated heterocycles. The maximum atomic E-state index is 11.8. The second-order valence-corrected chi connectivity index (χ2v) is 6.55. The van der Waals surface area contributed by atoms with Gasteiger partial charge in [-0.3, -0.25) is 10.1 Å². The molecule has 1 aromatic heterocycles. The van der Waals surface area contributed by atoms with E-state index in [2.05, 4.69) is 16.4 Å². The van der Waals surface area contributed by atoms with Gasteiger partial charge in [-0.05, 0) is 24.3 Å². The molecule has 9 heteroatoms. The SMILES string of the molecule is COC(=O)c1ccccc1N/C=C(\C#N)c1nc(-c2ccc([N+](=O)[O-])cc2)cs1. The van der Waals surface area contributed by atoms with Crippen molar-refractivity contribution >= 4 is 34.3 Å². The third kappa shape index (κ3) is 4.45. The quantitative estimate of drug-likeness (QED) is 0.277. The topological polar surface area (TPSA) is 118 Å². The fraction of sp³-hybridized carbons (Fsp3) is 0.0500. The molecular formula is C20H14N4O4S. The lowest BCUT2D eigenvalue weighted by atomic mass is 10.1. The molecule has 0 bridgehead atoms. The lowest BCUT2D eigenvalue weighted by molar-refractivity contribution is -0.384. The molecular weight excluding hydrogens is 392 g/mol. The summed E-state index contributed by atoms with van der Waals surface area (Å²) in [5.41, 5.74) is 2.43. The Labute approximate surface area is 169 Å². The summed E-state index contributed by atoms with van der Waals surface area (Å²) in [5, 5.41) is 25.5. The minimum atomic E-state index is -0.491. The van der Waals surface area contributed by atoms with E-state index in [9.17, 15) is 20.2 Å². The number of carbonyl (C=O) groups excluding carboxylic acids is 1. The molecule has 1 heterocycles. The number of esters is 1. The molecule has 0 aliphatic rings. The molecule has 0 aliphatic heterocycles. The maximum Gasteiger partial charge on any atom is 0.339 e. The number of benzene rings is 2. The van der Waals surface area contributed by atoms with E-state index in [0.717, 1.165) is 0 Å². The number of carbonyl (C=O) groups is 1. The number of ether oxygens (including phenoxy) is 1. The Bertz CT molecular complexity index is 1130. The minimum absolute atomic E-state index is 0.00437. The zero-order valence-corrected chi connectivity index (χ0v) is 16.0. The highest BCUT2D eigenvalue weighted by atomic mass is 32.1. The first kappa shape index (κ1) is 19.7. The first-order valence-corrected chi connectivity index (χ1v) is 9.16. The van der Waals surface area contributed by atoms with Crippen LogP contribution in [0.5, 0.6) is 0 Å². The van der Waals surface area contributed by atoms with Crippen molar-refractivity contribution in [1.82, 2.24) is 4.98 Å². The van der Waals surface area contributed by atoms with E-state index in [0.29, 0.717) is 27.5 Å². The van der Waals surface area contributed by atoms with Gasteiger partial charge in [0.2, 0.25) is 0 Å². The number of para-hydroxylation sites is 1. The van der Waals surface area contributed by atoms with Gasteiger partial charge in [0.1, 0.15) is 16.6 Å². The van der Waals surface area contributed by atoms with Crippen LogP contribution in [0.2, 0.25) is 0 Å². The van der Waals surface area contributed by atoms with Gasteiger partial charge in [-0.15, -0.1) is 11.3 Å². The fourth-order valence-electron chi connectivity index (χ4n) is 2.47. The lowest BCUT2D eigenvalue weighted by Crippen LogP contribution is -2.05. The number of aromatic nitrogens is 1. The minimum Gasteiger partial charge on any atom is -0.465 e. The number of hydrogen-bond donors (Lipinski definition) is 1. The molecule has 0 radical (unpaired) electrons. The van der Waals surface area contributed by atoms with Crippen molar-refractivity contribution in [2.75, 3.05) is 12.4 Å². The van der Waals surface area contributed by atoms with Crippen LogP contribution in [0.15, 0.2) is 60.1 Å². The monoisotopic (exact) mass is 406 g/mol. The third-order valence-corrected chi connectivity index (χ3v) is 4.81. The van der Waals surface area contributed by atoms with Crippen molar-refractivity contribution in [3.63, 3.8) is 0 Å². The summed E-state index contributed by atoms with van der Waals surface area (Å²) in [6.45, 7) is 0. The van der Waals surface area contributed by atoms with Gasteiger partial charge in [-0.2, -0.15) is 5.26 Å². The Morgan fingerprint density at radius 2 is 2.00 bits per heavy atom. The number of allylic oxidation sites excluding steroid dienone is 1. The van der Waals surface area contributed by atoms with E-state index in [1.807, 2.05) is 0 Å². The predicted octanol–water partition coefficient (Wildman–Crippen LogP) is 4.48. The first-order valence-electron chi connectivity index (χ1n) is 8.28. The number of rotatable bonds is 6. The van der Waals surface area contributed by atoms with E-state index in [4.69, 9.17) is 4.74 Å². The van der Waals surface area contributed by atoms with E-state index in [1.165, 1.54) is 36.8 Å². The van der Waals surface area contributed by atoms with Crippen LogP contribution in [0.1, 0.15) is 15.4 Å². The molecule has 3 aromatic rings. The number of hydrogen-bond acceptors (Lipinski definition) is 8. The second-order valence-electron chi connectivity index (χ2n) is 5.69. The highest BCUT2D eigenvalue weighted by Crippen LogP contribution is 2.27. The van der Waals surface area contributed by atoms with Crippen molar-refractivity contribution in [3.05, 3.63) is 80.8 Å². The van der Waals surface area contributed by atoms with Gasteiger partial charge in [-0.1, -0.05) is 12.1 Å².